The average molecular weight is 232 g/mol. The molecular weight excluding hydrogens is 223 g/mol. The van der Waals surface area contributed by atoms with Crippen LogP contribution >= 0.6 is 0 Å². The molecule has 15 heavy (non-hydrogen) atoms. The zero-order valence-corrected chi connectivity index (χ0v) is 11.8. The predicted octanol–water partition coefficient (Wildman–Crippen LogP) is -2.77. The second kappa shape index (κ2) is 7.13. The summed E-state index contributed by atoms with van der Waals surface area (Å²) >= 11 is 0. The molecule has 0 radical (unpaired) electrons. The maximum atomic E-state index is 11.3. The van der Waals surface area contributed by atoms with E-state index in [4.69, 9.17) is 0 Å². The van der Waals surface area contributed by atoms with E-state index in [1.165, 1.54) is 18.2 Å². The number of carbonyl (C=O) groups is 2. The number of carbonyl (C=O) groups excluding carboxylic acids is 2. The van der Waals surface area contributed by atoms with Crippen LogP contribution in [0.25, 0.3) is 0 Å². The Balaban J connectivity index is 0.00000196. The summed E-state index contributed by atoms with van der Waals surface area (Å²) in [5.74, 6) is -2.03. The van der Waals surface area contributed by atoms with Crippen LogP contribution in [0, 0.1) is 0 Å². The number of aromatic carboxylic acids is 1. The third-order valence-corrected chi connectivity index (χ3v) is 1.64. The summed E-state index contributed by atoms with van der Waals surface area (Å²) in [5, 5.41) is 10.6. The number of ether oxygens (including phenoxy) is 1. The molecule has 1 rings (SSSR count). The molecule has 4 nitrogen and oxygen atoms in total. The van der Waals surface area contributed by atoms with Gasteiger partial charge in [-0.25, -0.2) is 4.79 Å². The van der Waals surface area contributed by atoms with Crippen molar-refractivity contribution in [2.45, 2.75) is 6.92 Å². The van der Waals surface area contributed by atoms with Crippen LogP contribution in [0.4, 0.5) is 0 Å². The predicted molar refractivity (Wildman–Crippen MR) is 46.7 cm³/mol. The van der Waals surface area contributed by atoms with Gasteiger partial charge in [-0.05, 0) is 13.0 Å². The minimum Gasteiger partial charge on any atom is -0.545 e. The molecule has 5 heteroatoms. The number of carboxylic acids is 1. The normalized spacial score (nSPS) is 8.87. The quantitative estimate of drug-likeness (QED) is 0.418. The summed E-state index contributed by atoms with van der Waals surface area (Å²) in [6, 6.07) is 5.79. The molecule has 0 aromatic heterocycles. The van der Waals surface area contributed by atoms with Crippen LogP contribution in [0.5, 0.6) is 0 Å². The van der Waals surface area contributed by atoms with E-state index in [2.05, 4.69) is 4.74 Å². The van der Waals surface area contributed by atoms with Crippen LogP contribution < -0.4 is 56.5 Å². The van der Waals surface area contributed by atoms with E-state index in [0.29, 0.717) is 0 Å². The van der Waals surface area contributed by atoms with Crippen LogP contribution in [-0.2, 0) is 4.74 Å². The second-order valence-electron chi connectivity index (χ2n) is 2.55. The van der Waals surface area contributed by atoms with Crippen molar-refractivity contribution in [1.82, 2.24) is 0 Å². The first-order valence-corrected chi connectivity index (χ1v) is 4.14. The summed E-state index contributed by atoms with van der Waals surface area (Å²) in [5.41, 5.74) is -0.125. The number of esters is 1. The Morgan fingerprint density at radius 3 is 2.27 bits per heavy atom. The van der Waals surface area contributed by atoms with Gasteiger partial charge in [0.05, 0.1) is 18.1 Å². The van der Waals surface area contributed by atoms with Gasteiger partial charge in [0, 0.05) is 5.56 Å². The summed E-state index contributed by atoms with van der Waals surface area (Å²) in [7, 11) is 0. The van der Waals surface area contributed by atoms with Crippen LogP contribution in [0.3, 0.4) is 0 Å². The van der Waals surface area contributed by atoms with Crippen molar-refractivity contribution in [1.29, 1.82) is 0 Å². The molecule has 0 aliphatic rings. The minimum atomic E-state index is -1.38. The third-order valence-electron chi connectivity index (χ3n) is 1.64. The molecule has 1 aromatic carbocycles. The number of carboxylic acid groups (broad SMARTS) is 1. The first-order valence-electron chi connectivity index (χ1n) is 4.14. The molecule has 0 spiro atoms. The number of rotatable bonds is 3. The Bertz CT molecular complexity index is 362. The van der Waals surface area contributed by atoms with Gasteiger partial charge in [0.1, 0.15) is 0 Å². The van der Waals surface area contributed by atoms with Gasteiger partial charge in [0.2, 0.25) is 0 Å². The number of hydrogen-bond acceptors (Lipinski definition) is 4. The van der Waals surface area contributed by atoms with E-state index in [-0.39, 0.29) is 69.1 Å². The van der Waals surface area contributed by atoms with Gasteiger partial charge in [-0.15, -0.1) is 0 Å². The zero-order chi connectivity index (χ0) is 10.6. The van der Waals surface area contributed by atoms with Crippen molar-refractivity contribution in [2.75, 3.05) is 6.61 Å². The molecule has 0 N–H and O–H groups in total. The van der Waals surface area contributed by atoms with Crippen molar-refractivity contribution in [3.05, 3.63) is 35.4 Å². The van der Waals surface area contributed by atoms with E-state index in [0.717, 1.165) is 0 Å². The smallest absolute Gasteiger partial charge is 0.545 e. The molecule has 0 aliphatic heterocycles. The van der Waals surface area contributed by atoms with E-state index in [1.54, 1.807) is 13.0 Å². The number of hydrogen-bond donors (Lipinski definition) is 0. The third kappa shape index (κ3) is 4.04. The van der Waals surface area contributed by atoms with Crippen molar-refractivity contribution in [3.8, 4) is 0 Å². The summed E-state index contributed by atoms with van der Waals surface area (Å²) in [6.07, 6.45) is 0. The average Bonchev–Trinajstić information content (AvgIpc) is 2.18. The maximum Gasteiger partial charge on any atom is 1.00 e. The Morgan fingerprint density at radius 2 is 1.80 bits per heavy atom. The molecule has 0 bridgehead atoms. The van der Waals surface area contributed by atoms with Crippen molar-refractivity contribution in [2.24, 2.45) is 0 Å². The van der Waals surface area contributed by atoms with Gasteiger partial charge < -0.3 is 14.6 Å². The molecule has 0 saturated carbocycles. The number of benzene rings is 1. The Hall–Kier alpha value is -0.204. The molecule has 0 aliphatic carbocycles. The summed E-state index contributed by atoms with van der Waals surface area (Å²) in [4.78, 5) is 21.9. The van der Waals surface area contributed by atoms with E-state index in [9.17, 15) is 14.7 Å². The molecule has 0 atom stereocenters. The van der Waals surface area contributed by atoms with E-state index in [1.807, 2.05) is 0 Å². The fraction of sp³-hybridized carbons (Fsp3) is 0.200. The second-order valence-corrected chi connectivity index (χ2v) is 2.55. The SMILES string of the molecule is CCOC(=O)c1ccccc1C(=O)[O-].[K+]. The van der Waals surface area contributed by atoms with Crippen LogP contribution in [-0.4, -0.2) is 18.5 Å². The Labute approximate surface area is 130 Å². The molecule has 0 heterocycles. The first-order chi connectivity index (χ1) is 6.66. The zero-order valence-electron chi connectivity index (χ0n) is 8.65. The van der Waals surface area contributed by atoms with Crippen molar-refractivity contribution < 1.29 is 70.8 Å². The maximum absolute atomic E-state index is 11.3. The topological polar surface area (TPSA) is 66.4 Å². The van der Waals surface area contributed by atoms with Gasteiger partial charge in [0.25, 0.3) is 0 Å². The minimum absolute atomic E-state index is 0. The van der Waals surface area contributed by atoms with Gasteiger partial charge in [-0.1, -0.05) is 18.2 Å². The summed E-state index contributed by atoms with van der Waals surface area (Å²) in [6.45, 7) is 1.86. The molecule has 0 saturated heterocycles. The molecule has 74 valence electrons. The van der Waals surface area contributed by atoms with Crippen molar-refractivity contribution >= 4 is 11.9 Å². The Morgan fingerprint density at radius 1 is 1.27 bits per heavy atom. The Kier molecular flexibility index (Phi) is 7.04. The van der Waals surface area contributed by atoms with E-state index >= 15 is 0 Å². The standard InChI is InChI=1S/C10H10O4.K/c1-2-14-10(13)8-6-4-3-5-7(8)9(11)12;/h3-6H,2H2,1H3,(H,11,12);/q;+1/p-1. The van der Waals surface area contributed by atoms with Gasteiger partial charge in [0.15, 0.2) is 0 Å². The molecule has 0 fully saturated rings. The molecular formula is C10H9KO4. The fourth-order valence-corrected chi connectivity index (χ4v) is 1.05. The van der Waals surface area contributed by atoms with Gasteiger partial charge >= 0.3 is 57.4 Å². The largest absolute Gasteiger partial charge is 1.00 e. The van der Waals surface area contributed by atoms with Gasteiger partial charge in [-0.3, -0.25) is 0 Å². The molecule has 0 amide bonds. The van der Waals surface area contributed by atoms with Crippen LogP contribution in [0.15, 0.2) is 24.3 Å². The van der Waals surface area contributed by atoms with Crippen LogP contribution in [0.2, 0.25) is 0 Å². The van der Waals surface area contributed by atoms with Crippen LogP contribution in [0.1, 0.15) is 27.6 Å². The van der Waals surface area contributed by atoms with E-state index < -0.39 is 11.9 Å². The monoisotopic (exact) mass is 232 g/mol. The molecule has 0 unspecified atom stereocenters. The summed E-state index contributed by atoms with van der Waals surface area (Å²) < 4.78 is 4.69. The first kappa shape index (κ1) is 14.8. The fourth-order valence-electron chi connectivity index (χ4n) is 1.05. The van der Waals surface area contributed by atoms with Crippen molar-refractivity contribution in [3.63, 3.8) is 0 Å². The molecule has 1 aromatic rings. The van der Waals surface area contributed by atoms with Gasteiger partial charge in [-0.2, -0.15) is 0 Å².